The average molecular weight is 581 g/mol. The van der Waals surface area contributed by atoms with E-state index in [1.165, 1.54) is 15.8 Å². The molecule has 3 heterocycles. The largest absolute Gasteiger partial charge is 0.399 e. The SMILES string of the molecule is C[C@@H](NC(=O)c1cnc2n1[C@](C)(Cc1ccc(N)cc1)C(=O)N2c1cc(Cl)cc(Cl)c1)C(=O)Nc1ccnn1C. The first-order valence-electron chi connectivity index (χ1n) is 12.3. The van der Waals surface area contributed by atoms with Crippen molar-refractivity contribution in [2.45, 2.75) is 31.8 Å². The molecule has 0 unspecified atom stereocenters. The molecule has 2 aromatic carbocycles. The van der Waals surface area contributed by atoms with Crippen molar-refractivity contribution in [2.75, 3.05) is 16.0 Å². The number of rotatable bonds is 7. The fourth-order valence-corrected chi connectivity index (χ4v) is 5.24. The van der Waals surface area contributed by atoms with Gasteiger partial charge in [-0.25, -0.2) is 9.88 Å². The highest BCUT2D eigenvalue weighted by atomic mass is 35.5. The van der Waals surface area contributed by atoms with E-state index in [0.717, 1.165) is 5.56 Å². The van der Waals surface area contributed by atoms with Gasteiger partial charge in [0.05, 0.1) is 18.1 Å². The van der Waals surface area contributed by atoms with Crippen LogP contribution in [0.2, 0.25) is 10.0 Å². The van der Waals surface area contributed by atoms with E-state index in [2.05, 4.69) is 20.7 Å². The summed E-state index contributed by atoms with van der Waals surface area (Å²) >= 11 is 12.5. The zero-order valence-electron chi connectivity index (χ0n) is 21.9. The summed E-state index contributed by atoms with van der Waals surface area (Å²) < 4.78 is 3.09. The summed E-state index contributed by atoms with van der Waals surface area (Å²) in [5.41, 5.74) is 6.53. The number of hydrogen-bond donors (Lipinski definition) is 3. The van der Waals surface area contributed by atoms with Gasteiger partial charge in [-0.1, -0.05) is 35.3 Å². The van der Waals surface area contributed by atoms with Crippen LogP contribution in [0.15, 0.2) is 60.9 Å². The summed E-state index contributed by atoms with van der Waals surface area (Å²) in [6.07, 6.45) is 3.16. The number of benzene rings is 2. The van der Waals surface area contributed by atoms with Crippen molar-refractivity contribution in [1.29, 1.82) is 0 Å². The maximum absolute atomic E-state index is 14.1. The third kappa shape index (κ3) is 4.89. The summed E-state index contributed by atoms with van der Waals surface area (Å²) in [5.74, 6) is -0.642. The number of halogens is 2. The molecule has 0 fully saturated rings. The standard InChI is InChI=1S/C27H26Cl2N8O3/c1-15(23(38)34-22-8-9-32-35(22)3)33-24(39)21-14-31-26-36(20-11-17(28)10-18(29)12-20)25(40)27(2,37(21)26)13-16-4-6-19(30)7-5-16/h4-12,14-15H,13,30H2,1-3H3,(H,33,39)(H,34,38)/t15-,27-/m1/s1. The molecule has 13 heteroatoms. The van der Waals surface area contributed by atoms with Gasteiger partial charge in [-0.2, -0.15) is 5.10 Å². The van der Waals surface area contributed by atoms with Crippen molar-refractivity contribution in [3.63, 3.8) is 0 Å². The maximum Gasteiger partial charge on any atom is 0.270 e. The molecule has 5 rings (SSSR count). The first-order chi connectivity index (χ1) is 19.0. The maximum atomic E-state index is 14.1. The van der Waals surface area contributed by atoms with Crippen LogP contribution in [0.25, 0.3) is 0 Å². The van der Waals surface area contributed by atoms with E-state index >= 15 is 0 Å². The minimum absolute atomic E-state index is 0.108. The fourth-order valence-electron chi connectivity index (χ4n) is 4.73. The van der Waals surface area contributed by atoms with Gasteiger partial charge in [0, 0.05) is 35.3 Å². The molecule has 2 aromatic heterocycles. The lowest BCUT2D eigenvalue weighted by Crippen LogP contribution is -2.45. The highest BCUT2D eigenvalue weighted by Gasteiger charge is 2.51. The van der Waals surface area contributed by atoms with Crippen molar-refractivity contribution in [2.24, 2.45) is 7.05 Å². The predicted molar refractivity (Wildman–Crippen MR) is 153 cm³/mol. The molecule has 0 aliphatic carbocycles. The van der Waals surface area contributed by atoms with Gasteiger partial charge in [0.15, 0.2) is 0 Å². The number of fused-ring (bicyclic) bond motifs is 1. The quantitative estimate of drug-likeness (QED) is 0.283. The fraction of sp³-hybridized carbons (Fsp3) is 0.222. The molecule has 1 aliphatic heterocycles. The van der Waals surface area contributed by atoms with Crippen LogP contribution in [0.3, 0.4) is 0 Å². The van der Waals surface area contributed by atoms with Crippen molar-refractivity contribution >= 4 is 64.1 Å². The number of hydrogen-bond acceptors (Lipinski definition) is 6. The van der Waals surface area contributed by atoms with Crippen molar-refractivity contribution in [1.82, 2.24) is 24.6 Å². The van der Waals surface area contributed by atoms with E-state index in [0.29, 0.717) is 27.2 Å². The third-order valence-electron chi connectivity index (χ3n) is 6.78. The molecular formula is C27H26Cl2N8O3. The van der Waals surface area contributed by atoms with Crippen molar-refractivity contribution in [3.8, 4) is 0 Å². The number of nitrogens with zero attached hydrogens (tertiary/aromatic N) is 5. The van der Waals surface area contributed by atoms with Gasteiger partial charge in [-0.05, 0) is 49.7 Å². The number of amides is 3. The number of carbonyl (C=O) groups is 3. The molecule has 4 N–H and O–H groups in total. The number of aryl methyl sites for hydroxylation is 1. The van der Waals surface area contributed by atoms with Crippen LogP contribution in [0.5, 0.6) is 0 Å². The normalized spacial score (nSPS) is 17.0. The molecule has 11 nitrogen and oxygen atoms in total. The van der Waals surface area contributed by atoms with Gasteiger partial charge in [-0.15, -0.1) is 0 Å². The predicted octanol–water partition coefficient (Wildman–Crippen LogP) is 3.90. The number of nitrogens with one attached hydrogen (secondary N) is 2. The molecule has 0 bridgehead atoms. The Morgan fingerprint density at radius 3 is 2.40 bits per heavy atom. The van der Waals surface area contributed by atoms with Gasteiger partial charge in [0.1, 0.15) is 23.1 Å². The summed E-state index contributed by atoms with van der Waals surface area (Å²) in [6.45, 7) is 3.29. The average Bonchev–Trinajstić information content (AvgIpc) is 3.56. The minimum atomic E-state index is -1.26. The number of carbonyl (C=O) groups excluding carboxylic acids is 3. The van der Waals surface area contributed by atoms with Crippen LogP contribution in [0.4, 0.5) is 23.1 Å². The molecule has 3 amide bonds. The van der Waals surface area contributed by atoms with Crippen LogP contribution in [-0.4, -0.2) is 43.1 Å². The van der Waals surface area contributed by atoms with Crippen molar-refractivity contribution in [3.05, 3.63) is 82.2 Å². The number of imidazole rings is 1. The number of aromatic nitrogens is 4. The smallest absolute Gasteiger partial charge is 0.270 e. The Kier molecular flexibility index (Phi) is 7.03. The molecule has 4 aromatic rings. The van der Waals surface area contributed by atoms with Gasteiger partial charge in [0.25, 0.3) is 11.8 Å². The first kappa shape index (κ1) is 27.2. The van der Waals surface area contributed by atoms with Crippen LogP contribution >= 0.6 is 23.2 Å². The zero-order chi connectivity index (χ0) is 28.8. The Morgan fingerprint density at radius 1 is 1.10 bits per heavy atom. The second-order valence-corrected chi connectivity index (χ2v) is 10.6. The Hall–Kier alpha value is -4.35. The van der Waals surface area contributed by atoms with Gasteiger partial charge >= 0.3 is 0 Å². The van der Waals surface area contributed by atoms with Crippen LogP contribution in [-0.2, 0) is 28.6 Å². The molecule has 0 spiro atoms. The van der Waals surface area contributed by atoms with Crippen molar-refractivity contribution < 1.29 is 14.4 Å². The molecule has 1 aliphatic rings. The number of anilines is 4. The van der Waals surface area contributed by atoms with E-state index in [4.69, 9.17) is 28.9 Å². The molecule has 0 saturated carbocycles. The monoisotopic (exact) mass is 580 g/mol. The highest BCUT2D eigenvalue weighted by Crippen LogP contribution is 2.43. The minimum Gasteiger partial charge on any atom is -0.399 e. The zero-order valence-corrected chi connectivity index (χ0v) is 23.4. The first-order valence-corrected chi connectivity index (χ1v) is 13.1. The molecule has 2 atom stereocenters. The number of nitrogen functional groups attached to an aromatic ring is 1. The van der Waals surface area contributed by atoms with Gasteiger partial charge < -0.3 is 16.4 Å². The van der Waals surface area contributed by atoms with E-state index in [9.17, 15) is 14.4 Å². The van der Waals surface area contributed by atoms with Crippen LogP contribution < -0.4 is 21.3 Å². The number of nitrogens with two attached hydrogens (primary N) is 1. The van der Waals surface area contributed by atoms with Crippen LogP contribution in [0.1, 0.15) is 29.9 Å². The van der Waals surface area contributed by atoms with E-state index < -0.39 is 23.4 Å². The summed E-state index contributed by atoms with van der Waals surface area (Å²) in [5, 5.41) is 10.1. The third-order valence-corrected chi connectivity index (χ3v) is 7.22. The molecule has 40 heavy (non-hydrogen) atoms. The Bertz CT molecular complexity index is 1610. The van der Waals surface area contributed by atoms with E-state index in [1.54, 1.807) is 68.1 Å². The highest BCUT2D eigenvalue weighted by molar-refractivity contribution is 6.35. The van der Waals surface area contributed by atoms with E-state index in [1.807, 2.05) is 12.1 Å². The summed E-state index contributed by atoms with van der Waals surface area (Å²) in [7, 11) is 1.69. The van der Waals surface area contributed by atoms with Gasteiger partial charge in [-0.3, -0.25) is 23.6 Å². The lowest BCUT2D eigenvalue weighted by molar-refractivity contribution is -0.124. The summed E-state index contributed by atoms with van der Waals surface area (Å²) in [4.78, 5) is 46.2. The second-order valence-electron chi connectivity index (χ2n) is 9.76. The van der Waals surface area contributed by atoms with Crippen LogP contribution in [0, 0.1) is 0 Å². The lowest BCUT2D eigenvalue weighted by Gasteiger charge is -2.27. The second kappa shape index (κ2) is 10.3. The van der Waals surface area contributed by atoms with Gasteiger partial charge in [0.2, 0.25) is 11.9 Å². The topological polar surface area (TPSA) is 140 Å². The Labute approximate surface area is 239 Å². The molecular weight excluding hydrogens is 555 g/mol. The lowest BCUT2D eigenvalue weighted by atomic mass is 9.91. The Balaban J connectivity index is 1.51. The molecule has 0 saturated heterocycles. The molecule has 206 valence electrons. The van der Waals surface area contributed by atoms with E-state index in [-0.39, 0.29) is 24.0 Å². The summed E-state index contributed by atoms with van der Waals surface area (Å²) in [6, 6.07) is 12.6. The Morgan fingerprint density at radius 2 is 1.77 bits per heavy atom. The molecule has 0 radical (unpaired) electrons.